The van der Waals surface area contributed by atoms with Crippen LogP contribution in [0, 0.1) is 0 Å². The van der Waals surface area contributed by atoms with Crippen LogP contribution < -0.4 is 0 Å². The van der Waals surface area contributed by atoms with Crippen LogP contribution in [0.1, 0.15) is 5.56 Å². The third-order valence-corrected chi connectivity index (χ3v) is 7.43. The fourth-order valence-corrected chi connectivity index (χ4v) is 5.41. The van der Waals surface area contributed by atoms with Crippen molar-refractivity contribution in [1.82, 2.24) is 24.4 Å². The number of fused-ring (bicyclic) bond motifs is 2. The molecule has 0 atom stereocenters. The summed E-state index contributed by atoms with van der Waals surface area (Å²) in [6.07, 6.45) is 1.93. The van der Waals surface area contributed by atoms with Crippen LogP contribution in [0.15, 0.2) is 72.9 Å². The summed E-state index contributed by atoms with van der Waals surface area (Å²) in [5.41, 5.74) is 5.35. The number of likely N-dealkylation sites (N-methyl/N-ethyl adjacent to an activating group) is 1. The molecular formula is C26H25N5S. The number of thiophene rings is 1. The van der Waals surface area contributed by atoms with Crippen molar-refractivity contribution in [1.29, 1.82) is 0 Å². The molecule has 0 radical (unpaired) electrons. The smallest absolute Gasteiger partial charge is 0.154 e. The van der Waals surface area contributed by atoms with Crippen molar-refractivity contribution in [2.45, 2.75) is 6.54 Å². The third-order valence-electron chi connectivity index (χ3n) is 6.29. The van der Waals surface area contributed by atoms with Crippen molar-refractivity contribution in [3.05, 3.63) is 78.5 Å². The van der Waals surface area contributed by atoms with Crippen LogP contribution in [0.3, 0.4) is 0 Å². The van der Waals surface area contributed by atoms with Gasteiger partial charge in [0.15, 0.2) is 5.65 Å². The number of nitrogens with zero attached hydrogens (tertiary/aromatic N) is 5. The van der Waals surface area contributed by atoms with E-state index in [9.17, 15) is 0 Å². The first-order chi connectivity index (χ1) is 15.7. The summed E-state index contributed by atoms with van der Waals surface area (Å²) < 4.78 is 3.25. The molecule has 6 rings (SSSR count). The third kappa shape index (κ3) is 3.71. The maximum atomic E-state index is 4.95. The van der Waals surface area contributed by atoms with Gasteiger partial charge < -0.3 is 4.90 Å². The number of rotatable bonds is 4. The average molecular weight is 440 g/mol. The lowest BCUT2D eigenvalue weighted by Crippen LogP contribution is -2.43. The van der Waals surface area contributed by atoms with Gasteiger partial charge in [-0.15, -0.1) is 11.3 Å². The molecule has 1 fully saturated rings. The Hall–Kier alpha value is -3.06. The van der Waals surface area contributed by atoms with Crippen molar-refractivity contribution < 1.29 is 0 Å². The Morgan fingerprint density at radius 2 is 1.72 bits per heavy atom. The van der Waals surface area contributed by atoms with Gasteiger partial charge in [-0.2, -0.15) is 5.10 Å². The molecule has 0 unspecified atom stereocenters. The van der Waals surface area contributed by atoms with E-state index >= 15 is 0 Å². The zero-order valence-electron chi connectivity index (χ0n) is 18.1. The topological polar surface area (TPSA) is 36.7 Å². The second kappa shape index (κ2) is 8.13. The van der Waals surface area contributed by atoms with Gasteiger partial charge in [-0.3, -0.25) is 4.90 Å². The van der Waals surface area contributed by atoms with Gasteiger partial charge in [-0.05, 0) is 42.3 Å². The van der Waals surface area contributed by atoms with Gasteiger partial charge in [0.1, 0.15) is 5.69 Å². The van der Waals surface area contributed by atoms with E-state index in [-0.39, 0.29) is 0 Å². The SMILES string of the molecule is CN1CCN(Cc2ccc(-c3ccc4ncc(-c5cc6ccccc6s5)n4n3)cc2)CC1. The Labute approximate surface area is 191 Å². The fourth-order valence-electron chi connectivity index (χ4n) is 4.35. The molecule has 5 nitrogen and oxygen atoms in total. The second-order valence-electron chi connectivity index (χ2n) is 8.56. The van der Waals surface area contributed by atoms with Crippen LogP contribution in [0.4, 0.5) is 0 Å². The Morgan fingerprint density at radius 3 is 2.53 bits per heavy atom. The Kier molecular flexibility index (Phi) is 4.98. The summed E-state index contributed by atoms with van der Waals surface area (Å²) in [5, 5.41) is 6.21. The molecule has 0 bridgehead atoms. The van der Waals surface area contributed by atoms with Gasteiger partial charge >= 0.3 is 0 Å². The Bertz CT molecular complexity index is 1340. The van der Waals surface area contributed by atoms with E-state index < -0.39 is 0 Å². The van der Waals surface area contributed by atoms with Gasteiger partial charge in [0, 0.05) is 43.0 Å². The lowest BCUT2D eigenvalue weighted by atomic mass is 10.1. The van der Waals surface area contributed by atoms with Crippen LogP contribution in [-0.2, 0) is 6.54 Å². The summed E-state index contributed by atoms with van der Waals surface area (Å²) in [5.74, 6) is 0. The maximum Gasteiger partial charge on any atom is 0.154 e. The number of aromatic nitrogens is 3. The Morgan fingerprint density at radius 1 is 0.906 bits per heavy atom. The van der Waals surface area contributed by atoms with E-state index in [2.05, 4.69) is 88.6 Å². The minimum absolute atomic E-state index is 0.868. The first kappa shape index (κ1) is 19.6. The van der Waals surface area contributed by atoms with E-state index in [1.807, 2.05) is 10.7 Å². The minimum Gasteiger partial charge on any atom is -0.304 e. The van der Waals surface area contributed by atoms with E-state index in [4.69, 9.17) is 5.10 Å². The Balaban J connectivity index is 1.28. The van der Waals surface area contributed by atoms with Crippen LogP contribution in [0.25, 0.3) is 37.6 Å². The molecule has 32 heavy (non-hydrogen) atoms. The highest BCUT2D eigenvalue weighted by atomic mass is 32.1. The van der Waals surface area contributed by atoms with E-state index in [0.29, 0.717) is 0 Å². The lowest BCUT2D eigenvalue weighted by Gasteiger charge is -2.32. The van der Waals surface area contributed by atoms with Crippen LogP contribution >= 0.6 is 11.3 Å². The largest absolute Gasteiger partial charge is 0.304 e. The summed E-state index contributed by atoms with van der Waals surface area (Å²) in [6, 6.07) is 23.7. The average Bonchev–Trinajstić information content (AvgIpc) is 3.44. The van der Waals surface area contributed by atoms with Gasteiger partial charge in [-0.1, -0.05) is 42.5 Å². The van der Waals surface area contributed by atoms with Gasteiger partial charge in [-0.25, -0.2) is 9.50 Å². The van der Waals surface area contributed by atoms with Crippen LogP contribution in [-0.4, -0.2) is 57.6 Å². The summed E-state index contributed by atoms with van der Waals surface area (Å²) in [6.45, 7) is 5.58. The first-order valence-electron chi connectivity index (χ1n) is 11.1. The standard InChI is InChI=1S/C26H25N5S/c1-29-12-14-30(15-13-29)18-19-6-8-20(9-7-19)22-10-11-26-27-17-23(31(26)28-22)25-16-21-4-2-3-5-24(21)32-25/h2-11,16-17H,12-15,18H2,1H3. The molecule has 6 heteroatoms. The van der Waals surface area contributed by atoms with E-state index in [0.717, 1.165) is 55.3 Å². The highest BCUT2D eigenvalue weighted by Crippen LogP contribution is 2.33. The van der Waals surface area contributed by atoms with Crippen molar-refractivity contribution in [2.75, 3.05) is 33.2 Å². The molecule has 160 valence electrons. The molecule has 1 saturated heterocycles. The molecule has 4 heterocycles. The molecule has 2 aromatic carbocycles. The molecule has 1 aliphatic rings. The molecule has 0 aliphatic carbocycles. The number of hydrogen-bond acceptors (Lipinski definition) is 5. The quantitative estimate of drug-likeness (QED) is 0.394. The predicted molar refractivity (Wildman–Crippen MR) is 132 cm³/mol. The zero-order chi connectivity index (χ0) is 21.5. The molecule has 1 aliphatic heterocycles. The summed E-state index contributed by atoms with van der Waals surface area (Å²) in [4.78, 5) is 10.7. The number of benzene rings is 2. The molecule has 5 aromatic rings. The monoisotopic (exact) mass is 439 g/mol. The van der Waals surface area contributed by atoms with Crippen molar-refractivity contribution in [2.24, 2.45) is 0 Å². The summed E-state index contributed by atoms with van der Waals surface area (Å²) in [7, 11) is 2.20. The highest BCUT2D eigenvalue weighted by Gasteiger charge is 2.15. The first-order valence-corrected chi connectivity index (χ1v) is 11.9. The van der Waals surface area contributed by atoms with Crippen molar-refractivity contribution in [3.63, 3.8) is 0 Å². The zero-order valence-corrected chi connectivity index (χ0v) is 18.9. The van der Waals surface area contributed by atoms with Gasteiger partial charge in [0.25, 0.3) is 0 Å². The molecular weight excluding hydrogens is 414 g/mol. The van der Waals surface area contributed by atoms with Crippen molar-refractivity contribution in [3.8, 4) is 21.8 Å². The van der Waals surface area contributed by atoms with Crippen LogP contribution in [0.2, 0.25) is 0 Å². The molecule has 0 N–H and O–H groups in total. The number of piperazine rings is 1. The van der Waals surface area contributed by atoms with Gasteiger partial charge in [0.05, 0.1) is 16.8 Å². The molecule has 0 spiro atoms. The van der Waals surface area contributed by atoms with E-state index in [1.165, 1.54) is 20.5 Å². The number of hydrogen-bond donors (Lipinski definition) is 0. The van der Waals surface area contributed by atoms with Gasteiger partial charge in [0.2, 0.25) is 0 Å². The molecule has 3 aromatic heterocycles. The summed E-state index contributed by atoms with van der Waals surface area (Å²) >= 11 is 1.78. The van der Waals surface area contributed by atoms with E-state index in [1.54, 1.807) is 11.3 Å². The molecule has 0 saturated carbocycles. The predicted octanol–water partition coefficient (Wildman–Crippen LogP) is 5.03. The number of imidazole rings is 1. The van der Waals surface area contributed by atoms with Crippen molar-refractivity contribution >= 4 is 27.1 Å². The lowest BCUT2D eigenvalue weighted by molar-refractivity contribution is 0.148. The maximum absolute atomic E-state index is 4.95. The minimum atomic E-state index is 0.868. The molecule has 0 amide bonds. The highest BCUT2D eigenvalue weighted by molar-refractivity contribution is 7.22. The fraction of sp³-hybridized carbons (Fsp3) is 0.231. The van der Waals surface area contributed by atoms with Crippen LogP contribution in [0.5, 0.6) is 0 Å². The second-order valence-corrected chi connectivity index (χ2v) is 9.64. The normalized spacial score (nSPS) is 15.7.